The van der Waals surface area contributed by atoms with Crippen LogP contribution in [0.25, 0.3) is 22.1 Å². The number of nitrogens with one attached hydrogen (secondary N) is 2. The van der Waals surface area contributed by atoms with Gasteiger partial charge in [0.25, 0.3) is 0 Å². The van der Waals surface area contributed by atoms with Gasteiger partial charge in [-0.05, 0) is 161 Å². The third-order valence-corrected chi connectivity index (χ3v) is 23.1. The molecule has 2 N–H and O–H groups in total. The van der Waals surface area contributed by atoms with E-state index in [1.807, 2.05) is 74.9 Å². The fraction of sp³-hybridized carbons (Fsp3) is 0.694. The Morgan fingerprint density at radius 3 is 1.43 bits per heavy atom. The Bertz CT molecular complexity index is 3540. The minimum absolute atomic E-state index is 0. The summed E-state index contributed by atoms with van der Waals surface area (Å²) in [5, 5.41) is 5.67. The number of fused-ring (bicyclic) bond motifs is 12. The van der Waals surface area contributed by atoms with Gasteiger partial charge in [0.05, 0.1) is 49.4 Å². The van der Waals surface area contributed by atoms with E-state index in [0.717, 1.165) is 25.7 Å². The second-order valence-electron chi connectivity index (χ2n) is 31.2. The molecule has 2 aromatic heterocycles. The average Bonchev–Trinajstić information content (AvgIpc) is 1.55. The Morgan fingerprint density at radius 2 is 1.01 bits per heavy atom. The van der Waals surface area contributed by atoms with Crippen LogP contribution in [0.3, 0.4) is 0 Å². The van der Waals surface area contributed by atoms with E-state index in [0.29, 0.717) is 117 Å². The normalized spacial score (nSPS) is 32.3. The molecule has 14 atom stereocenters. The van der Waals surface area contributed by atoms with Crippen molar-refractivity contribution >= 4 is 58.6 Å². The van der Waals surface area contributed by atoms with Crippen molar-refractivity contribution in [1.82, 2.24) is 40.4 Å². The predicted molar refractivity (Wildman–Crippen MR) is 345 cm³/mol. The molecule has 2 radical (unpaired) electrons. The average molecular weight is 1440 g/mol. The molecule has 2 saturated heterocycles. The summed E-state index contributed by atoms with van der Waals surface area (Å²) in [5.74, 6) is -7.51. The van der Waals surface area contributed by atoms with Crippen LogP contribution >= 0.6 is 0 Å². The number of rotatable bonds is 6. The first-order valence-corrected chi connectivity index (χ1v) is 34.6. The maximum absolute atomic E-state index is 16.9. The van der Waals surface area contributed by atoms with Crippen molar-refractivity contribution in [2.45, 2.75) is 231 Å². The fourth-order valence-corrected chi connectivity index (χ4v) is 16.9. The monoisotopic (exact) mass is 1440 g/mol. The molecule has 5 aliphatic carbocycles. The number of aromatic nitrogens is 4. The zero-order valence-electron chi connectivity index (χ0n) is 57.9. The van der Waals surface area contributed by atoms with E-state index in [2.05, 4.69) is 30.6 Å². The summed E-state index contributed by atoms with van der Waals surface area (Å²) in [7, 11) is 3.01. The molecular formula is C72H92F4N8O12V2-2. The minimum Gasteiger partial charge on any atom is -0.540 e. The summed E-state index contributed by atoms with van der Waals surface area (Å²) in [5.41, 5.74) is -4.70. The number of hydrogen-bond acceptors (Lipinski definition) is 16. The summed E-state index contributed by atoms with van der Waals surface area (Å²) < 4.78 is 103. The van der Waals surface area contributed by atoms with E-state index in [1.54, 1.807) is 36.4 Å². The standard InChI is InChI=1S/C36H45F2N4O6.C36H47F2N4O6.2V/c1-6-21-26(18-43)42-17-28(21)47-31-29(39-24-10-9-20(46-5)16-25(24)40-31)36(37,38)35(12-13-35)11-7-8-22-23-14-19(23)15-27(22)48-33(45)41-30(32(42)44)34(2,3)4;1-7-23-26(20-43)42-19-27(23)47-30-28(39-24-13-12-22(46-6)18-25(24)40-30)36(37,38)35(16-17-35)15-9-11-21-10-8-14-34(21,5)48-32(45)41-29(31(42)44)33(2,3)4;;/h9-10,16,19,21-23,26-28,30H,6-8,11-15,17H2,1-5H3,(H,41,45);12-13,18,21,23,26-27,29H,7-11,14-17,19H2,1-6H3,(H,41,45);;/q2*-1;;/t19?,21-,22+,23?,26+,27+,28-,30+;21-,23-,26+,27-,29+,34+;;/m00../s1. The number of hydrogen-bond donors (Lipinski definition) is 2. The first kappa shape index (κ1) is 74.7. The van der Waals surface area contributed by atoms with Gasteiger partial charge in [-0.15, -0.1) is 0 Å². The zero-order chi connectivity index (χ0) is 68.8. The number of benzene rings is 2. The molecule has 2 unspecified atom stereocenters. The third-order valence-electron chi connectivity index (χ3n) is 23.1. The SMILES string of the molecule is CC[C@@H]1[C@@H]2CN(C(=O)[C@H](C(C)(C)C)NC(=O)O[C@@H]3CC4CC4[C@H]3CCCC3(CC3)C(F)(F)c3nc4ccc(OC)cc4nc3O2)[C@@H]1[C-]=O.CC[C@@H]1[C@@H]2CN(C(=O)[C@H](C(C)(C)C)NC(=O)O[C@]3(C)CCC[C@H]3CCCC3(CC3)C(F)(F)c3nc4ccc(OC)cc4nc3O2)[C@@H]1[C-]=O.[V].[V]. The maximum atomic E-state index is 16.9. The van der Waals surface area contributed by atoms with E-state index in [9.17, 15) is 28.8 Å². The predicted octanol–water partition coefficient (Wildman–Crippen LogP) is 12.4. The van der Waals surface area contributed by atoms with Gasteiger partial charge in [-0.3, -0.25) is 9.59 Å². The molecule has 26 heteroatoms. The maximum Gasteiger partial charge on any atom is 0.408 e. The number of methoxy groups -OCH3 is 2. The van der Waals surface area contributed by atoms with Crippen molar-refractivity contribution in [1.29, 1.82) is 0 Å². The molecule has 20 nitrogen and oxygen atoms in total. The number of halogens is 4. The summed E-state index contributed by atoms with van der Waals surface area (Å²) >= 11 is 0. The molecule has 9 aliphatic rings. The Morgan fingerprint density at radius 1 is 0.571 bits per heavy atom. The number of carbonyl (C=O) groups excluding carboxylic acids is 6. The van der Waals surface area contributed by atoms with Crippen molar-refractivity contribution in [2.75, 3.05) is 27.3 Å². The van der Waals surface area contributed by atoms with Crippen LogP contribution in [-0.4, -0.2) is 142 Å². The fourth-order valence-electron chi connectivity index (χ4n) is 16.9. The van der Waals surface area contributed by atoms with Crippen LogP contribution in [0.5, 0.6) is 23.3 Å². The van der Waals surface area contributed by atoms with Crippen molar-refractivity contribution in [3.8, 4) is 23.3 Å². The molecule has 4 aromatic rings. The van der Waals surface area contributed by atoms with Gasteiger partial charge in [-0.1, -0.05) is 93.2 Å². The van der Waals surface area contributed by atoms with E-state index in [1.165, 1.54) is 24.0 Å². The van der Waals surface area contributed by atoms with Gasteiger partial charge < -0.3 is 58.4 Å². The molecule has 2 aromatic carbocycles. The van der Waals surface area contributed by atoms with Crippen LogP contribution in [0, 0.1) is 57.2 Å². The van der Waals surface area contributed by atoms with E-state index in [4.69, 9.17) is 28.4 Å². The van der Waals surface area contributed by atoms with Gasteiger partial charge in [0.2, 0.25) is 23.6 Å². The number of carbonyl (C=O) groups is 4. The third kappa shape index (κ3) is 14.0. The van der Waals surface area contributed by atoms with E-state index >= 15 is 17.6 Å². The van der Waals surface area contributed by atoms with Crippen molar-refractivity contribution < 1.29 is 112 Å². The van der Waals surface area contributed by atoms with Crippen molar-refractivity contribution in [3.05, 3.63) is 47.8 Å². The summed E-state index contributed by atoms with van der Waals surface area (Å²) in [6.45, 7) is 16.4. The quantitative estimate of drug-likeness (QED) is 0.135. The van der Waals surface area contributed by atoms with Crippen LogP contribution in [0.1, 0.15) is 183 Å². The minimum atomic E-state index is -3.37. The van der Waals surface area contributed by atoms with Gasteiger partial charge in [0.1, 0.15) is 47.5 Å². The first-order valence-electron chi connectivity index (χ1n) is 34.6. The smallest absolute Gasteiger partial charge is 0.408 e. The molecule has 5 saturated carbocycles. The molecule has 4 amide bonds. The van der Waals surface area contributed by atoms with Crippen molar-refractivity contribution in [2.24, 2.45) is 57.2 Å². The molecule has 4 aliphatic heterocycles. The number of nitrogens with zero attached hydrogens (tertiary/aromatic N) is 6. The van der Waals surface area contributed by atoms with Crippen LogP contribution in [0.2, 0.25) is 0 Å². The first-order chi connectivity index (χ1) is 45.5. The molecule has 532 valence electrons. The summed E-state index contributed by atoms with van der Waals surface area (Å²) in [6.07, 6.45) is 9.84. The molecule has 6 heterocycles. The molecule has 4 bridgehead atoms. The second kappa shape index (κ2) is 28.1. The Balaban J connectivity index is 0.000000208. The van der Waals surface area contributed by atoms with Crippen molar-refractivity contribution in [3.63, 3.8) is 0 Å². The van der Waals surface area contributed by atoms with Crippen LogP contribution in [0.15, 0.2) is 36.4 Å². The van der Waals surface area contributed by atoms with Gasteiger partial charge in [0, 0.05) is 60.1 Å². The molecular weight excluding hydrogens is 1350 g/mol. The summed E-state index contributed by atoms with van der Waals surface area (Å²) in [6, 6.07) is 5.65. The largest absolute Gasteiger partial charge is 0.540 e. The zero-order valence-corrected chi connectivity index (χ0v) is 60.7. The molecule has 2 spiro atoms. The van der Waals surface area contributed by atoms with Gasteiger partial charge in [0.15, 0.2) is 11.4 Å². The van der Waals surface area contributed by atoms with Crippen LogP contribution in [-0.2, 0) is 77.6 Å². The van der Waals surface area contributed by atoms with Gasteiger partial charge >= 0.3 is 24.0 Å². The Hall–Kier alpha value is -5.97. The second-order valence-corrected chi connectivity index (χ2v) is 31.2. The molecule has 98 heavy (non-hydrogen) atoms. The van der Waals surface area contributed by atoms with Crippen LogP contribution < -0.4 is 29.6 Å². The van der Waals surface area contributed by atoms with E-state index in [-0.39, 0.29) is 91.8 Å². The topological polar surface area (TPSA) is 240 Å². The number of amides is 4. The van der Waals surface area contributed by atoms with E-state index < -0.39 is 123 Å². The Kier molecular flexibility index (Phi) is 21.4. The molecule has 13 rings (SSSR count). The van der Waals surface area contributed by atoms with Gasteiger partial charge in [-0.2, -0.15) is 17.6 Å². The number of alkyl halides is 4. The number of ether oxygens (including phenoxy) is 6. The van der Waals surface area contributed by atoms with Crippen LogP contribution in [0.4, 0.5) is 27.2 Å². The molecule has 7 fully saturated rings. The summed E-state index contributed by atoms with van der Waals surface area (Å²) in [4.78, 5) is 101. The Labute approximate surface area is 594 Å². The number of alkyl carbamates (subject to hydrolysis) is 2. The van der Waals surface area contributed by atoms with Gasteiger partial charge in [-0.25, -0.2) is 42.1 Å².